The van der Waals surface area contributed by atoms with Gasteiger partial charge in [-0.25, -0.2) is 0 Å². The van der Waals surface area contributed by atoms with Crippen molar-refractivity contribution in [1.82, 2.24) is 0 Å². The van der Waals surface area contributed by atoms with Gasteiger partial charge in [-0.05, 0) is 32.4 Å². The normalized spacial score (nSPS) is 11.2. The standard InChI is InChI=1S/C12H14F2/c1-9(2)8-12(13,14)11-7-5-4-6-10(11)3/h4-8H,1-3H3. The third-order valence-electron chi connectivity index (χ3n) is 1.97. The Kier molecular flexibility index (Phi) is 3.04. The summed E-state index contributed by atoms with van der Waals surface area (Å²) in [4.78, 5) is 0. The molecule has 0 saturated heterocycles. The van der Waals surface area contributed by atoms with Crippen molar-refractivity contribution in [3.8, 4) is 0 Å². The first-order valence-corrected chi connectivity index (χ1v) is 4.53. The van der Waals surface area contributed by atoms with E-state index >= 15 is 0 Å². The summed E-state index contributed by atoms with van der Waals surface area (Å²) in [6.45, 7) is 5.04. The van der Waals surface area contributed by atoms with Crippen LogP contribution in [0, 0.1) is 6.92 Å². The van der Waals surface area contributed by atoms with Crippen LogP contribution in [0.2, 0.25) is 0 Å². The lowest BCUT2D eigenvalue weighted by Crippen LogP contribution is -2.11. The van der Waals surface area contributed by atoms with Crippen LogP contribution < -0.4 is 0 Å². The van der Waals surface area contributed by atoms with E-state index in [0.717, 1.165) is 6.08 Å². The van der Waals surface area contributed by atoms with E-state index in [2.05, 4.69) is 0 Å². The molecule has 0 unspecified atom stereocenters. The Labute approximate surface area is 83.3 Å². The van der Waals surface area contributed by atoms with E-state index in [1.807, 2.05) is 0 Å². The highest BCUT2D eigenvalue weighted by Crippen LogP contribution is 2.32. The summed E-state index contributed by atoms with van der Waals surface area (Å²) in [6, 6.07) is 6.56. The average molecular weight is 196 g/mol. The van der Waals surface area contributed by atoms with Gasteiger partial charge in [-0.2, -0.15) is 8.78 Å². The summed E-state index contributed by atoms with van der Waals surface area (Å²) in [5.74, 6) is -2.86. The quantitative estimate of drug-likeness (QED) is 0.626. The Balaban J connectivity index is 3.16. The van der Waals surface area contributed by atoms with Crippen molar-refractivity contribution in [1.29, 1.82) is 0 Å². The second-order valence-corrected chi connectivity index (χ2v) is 3.66. The topological polar surface area (TPSA) is 0 Å². The maximum Gasteiger partial charge on any atom is 0.292 e. The number of halogens is 2. The van der Waals surface area contributed by atoms with Gasteiger partial charge in [0.05, 0.1) is 0 Å². The van der Waals surface area contributed by atoms with E-state index < -0.39 is 5.92 Å². The fourth-order valence-corrected chi connectivity index (χ4v) is 1.39. The molecule has 76 valence electrons. The van der Waals surface area contributed by atoms with E-state index in [1.54, 1.807) is 39.0 Å². The highest BCUT2D eigenvalue weighted by atomic mass is 19.3. The van der Waals surface area contributed by atoms with E-state index in [9.17, 15) is 8.78 Å². The summed E-state index contributed by atoms with van der Waals surface area (Å²) < 4.78 is 27.2. The monoisotopic (exact) mass is 196 g/mol. The van der Waals surface area contributed by atoms with Gasteiger partial charge in [-0.15, -0.1) is 0 Å². The molecule has 0 radical (unpaired) electrons. The molecule has 0 atom stereocenters. The van der Waals surface area contributed by atoms with Crippen LogP contribution in [0.4, 0.5) is 8.78 Å². The van der Waals surface area contributed by atoms with Crippen LogP contribution in [0.3, 0.4) is 0 Å². The highest BCUT2D eigenvalue weighted by Gasteiger charge is 2.29. The largest absolute Gasteiger partial charge is 0.292 e. The minimum Gasteiger partial charge on any atom is -0.196 e. The van der Waals surface area contributed by atoms with Crippen LogP contribution in [0.25, 0.3) is 0 Å². The van der Waals surface area contributed by atoms with E-state index in [1.165, 1.54) is 6.07 Å². The van der Waals surface area contributed by atoms with Gasteiger partial charge in [0, 0.05) is 5.56 Å². The summed E-state index contributed by atoms with van der Waals surface area (Å²) in [6.07, 6.45) is 0.995. The van der Waals surface area contributed by atoms with Crippen LogP contribution in [-0.4, -0.2) is 0 Å². The average Bonchev–Trinajstić information content (AvgIpc) is 2.02. The van der Waals surface area contributed by atoms with Gasteiger partial charge < -0.3 is 0 Å². The van der Waals surface area contributed by atoms with Crippen LogP contribution in [0.5, 0.6) is 0 Å². The molecule has 0 aliphatic rings. The van der Waals surface area contributed by atoms with Gasteiger partial charge in [0.1, 0.15) is 0 Å². The molecule has 1 aromatic carbocycles. The van der Waals surface area contributed by atoms with E-state index in [-0.39, 0.29) is 5.56 Å². The first kappa shape index (κ1) is 10.9. The van der Waals surface area contributed by atoms with Gasteiger partial charge in [-0.3, -0.25) is 0 Å². The summed E-state index contributed by atoms with van der Waals surface area (Å²) in [7, 11) is 0. The van der Waals surface area contributed by atoms with Crippen molar-refractivity contribution in [2.24, 2.45) is 0 Å². The number of rotatable bonds is 2. The highest BCUT2D eigenvalue weighted by molar-refractivity contribution is 5.33. The molecule has 0 saturated carbocycles. The first-order chi connectivity index (χ1) is 6.43. The molecule has 0 N–H and O–H groups in total. The zero-order valence-electron chi connectivity index (χ0n) is 8.64. The van der Waals surface area contributed by atoms with Crippen LogP contribution in [0.1, 0.15) is 25.0 Å². The molecule has 0 bridgehead atoms. The molecule has 0 aliphatic carbocycles. The zero-order chi connectivity index (χ0) is 10.8. The molecule has 0 amide bonds. The van der Waals surface area contributed by atoms with Crippen molar-refractivity contribution in [2.75, 3.05) is 0 Å². The van der Waals surface area contributed by atoms with Crippen molar-refractivity contribution < 1.29 is 8.78 Å². The number of hydrogen-bond acceptors (Lipinski definition) is 0. The number of allylic oxidation sites excluding steroid dienone is 2. The summed E-state index contributed by atoms with van der Waals surface area (Å²) in [5.41, 5.74) is 1.33. The summed E-state index contributed by atoms with van der Waals surface area (Å²) in [5, 5.41) is 0. The lowest BCUT2D eigenvalue weighted by Gasteiger charge is -2.15. The first-order valence-electron chi connectivity index (χ1n) is 4.53. The molecular weight excluding hydrogens is 182 g/mol. The molecule has 0 fully saturated rings. The lowest BCUT2D eigenvalue weighted by molar-refractivity contribution is 0.0505. The van der Waals surface area contributed by atoms with Gasteiger partial charge >= 0.3 is 0 Å². The van der Waals surface area contributed by atoms with Crippen molar-refractivity contribution in [3.63, 3.8) is 0 Å². The lowest BCUT2D eigenvalue weighted by atomic mass is 10.0. The molecule has 0 aromatic heterocycles. The Morgan fingerprint density at radius 3 is 2.29 bits per heavy atom. The molecule has 14 heavy (non-hydrogen) atoms. The predicted molar refractivity (Wildman–Crippen MR) is 54.5 cm³/mol. The van der Waals surface area contributed by atoms with E-state index in [0.29, 0.717) is 11.1 Å². The number of hydrogen-bond donors (Lipinski definition) is 0. The third-order valence-corrected chi connectivity index (χ3v) is 1.97. The van der Waals surface area contributed by atoms with Crippen LogP contribution in [0.15, 0.2) is 35.9 Å². The van der Waals surface area contributed by atoms with Crippen LogP contribution >= 0.6 is 0 Å². The van der Waals surface area contributed by atoms with Gasteiger partial charge in [0.15, 0.2) is 0 Å². The van der Waals surface area contributed by atoms with Gasteiger partial charge in [0.2, 0.25) is 0 Å². The number of benzene rings is 1. The minimum atomic E-state index is -2.86. The Morgan fingerprint density at radius 2 is 1.79 bits per heavy atom. The molecule has 1 aromatic rings. The number of alkyl halides is 2. The number of aryl methyl sites for hydroxylation is 1. The Bertz CT molecular complexity index is 347. The molecule has 0 heterocycles. The molecule has 1 rings (SSSR count). The fraction of sp³-hybridized carbons (Fsp3) is 0.333. The maximum absolute atomic E-state index is 13.6. The van der Waals surface area contributed by atoms with Crippen molar-refractivity contribution >= 4 is 0 Å². The molecule has 0 nitrogen and oxygen atoms in total. The predicted octanol–water partition coefficient (Wildman–Crippen LogP) is 4.05. The Morgan fingerprint density at radius 1 is 1.21 bits per heavy atom. The van der Waals surface area contributed by atoms with E-state index in [4.69, 9.17) is 0 Å². The molecular formula is C12H14F2. The molecule has 2 heteroatoms. The second-order valence-electron chi connectivity index (χ2n) is 3.66. The maximum atomic E-state index is 13.6. The zero-order valence-corrected chi connectivity index (χ0v) is 8.64. The van der Waals surface area contributed by atoms with Crippen molar-refractivity contribution in [3.05, 3.63) is 47.0 Å². The fourth-order valence-electron chi connectivity index (χ4n) is 1.39. The molecule has 0 aliphatic heterocycles. The Hall–Kier alpha value is -1.18. The van der Waals surface area contributed by atoms with Crippen molar-refractivity contribution in [2.45, 2.75) is 26.7 Å². The van der Waals surface area contributed by atoms with Crippen LogP contribution in [-0.2, 0) is 5.92 Å². The second kappa shape index (κ2) is 3.91. The van der Waals surface area contributed by atoms with Gasteiger partial charge in [0.25, 0.3) is 5.92 Å². The third kappa shape index (κ3) is 2.41. The molecule has 0 spiro atoms. The smallest absolute Gasteiger partial charge is 0.196 e. The van der Waals surface area contributed by atoms with Gasteiger partial charge in [-0.1, -0.05) is 29.8 Å². The summed E-state index contributed by atoms with van der Waals surface area (Å²) >= 11 is 0. The SMILES string of the molecule is CC(C)=CC(F)(F)c1ccccc1C. The minimum absolute atomic E-state index is 0.0844.